The van der Waals surface area contributed by atoms with Crippen LogP contribution in [0.25, 0.3) is 0 Å². The Labute approximate surface area is 271 Å². The van der Waals surface area contributed by atoms with Crippen LogP contribution in [-0.2, 0) is 16.0 Å². The van der Waals surface area contributed by atoms with E-state index in [9.17, 15) is 19.5 Å². The molecule has 46 heavy (non-hydrogen) atoms. The molecule has 3 amide bonds. The number of fused-ring (bicyclic) bond motifs is 1. The number of amides is 3. The predicted octanol–water partition coefficient (Wildman–Crippen LogP) is 4.83. The number of hydrogen-bond acceptors (Lipinski definition) is 7. The highest BCUT2D eigenvalue weighted by atomic mass is 16.5. The number of likely N-dealkylation sites (N-methyl/N-ethyl adjacent to an activating group) is 1. The van der Waals surface area contributed by atoms with E-state index in [4.69, 9.17) is 9.47 Å². The van der Waals surface area contributed by atoms with Gasteiger partial charge in [0, 0.05) is 56.3 Å². The second kappa shape index (κ2) is 16.9. The second-order valence-corrected chi connectivity index (χ2v) is 12.1. The molecule has 0 saturated carbocycles. The Morgan fingerprint density at radius 1 is 1.09 bits per heavy atom. The summed E-state index contributed by atoms with van der Waals surface area (Å²) in [4.78, 5) is 47.6. The zero-order chi connectivity index (χ0) is 33.1. The van der Waals surface area contributed by atoms with Crippen LogP contribution in [0.15, 0.2) is 73.1 Å². The summed E-state index contributed by atoms with van der Waals surface area (Å²) in [6, 6.07) is 17.4. The topological polar surface area (TPSA) is 121 Å². The molecule has 2 aromatic carbocycles. The first-order chi connectivity index (χ1) is 22.2. The SMILES string of the molecule is C[C@@H]1CN([C@@H](C)CO)C(=O)c2cc(NC(=O)Cc3ccccc3)ccc2O[C@@H](C)CCCCO[C@@H]1CN(C)C(=O)c1ccncc1. The van der Waals surface area contributed by atoms with Crippen molar-refractivity contribution >= 4 is 23.4 Å². The lowest BCUT2D eigenvalue weighted by atomic mass is 10.0. The Morgan fingerprint density at radius 3 is 2.54 bits per heavy atom. The van der Waals surface area contributed by atoms with Crippen LogP contribution >= 0.6 is 0 Å². The molecule has 10 heteroatoms. The molecule has 2 heterocycles. The Kier molecular flexibility index (Phi) is 12.7. The molecule has 3 aromatic rings. The van der Waals surface area contributed by atoms with Crippen LogP contribution in [0.5, 0.6) is 5.75 Å². The molecular formula is C36H46N4O6. The van der Waals surface area contributed by atoms with E-state index in [1.165, 1.54) is 0 Å². The molecule has 4 atom stereocenters. The van der Waals surface area contributed by atoms with Crippen molar-refractivity contribution in [2.75, 3.05) is 38.7 Å². The van der Waals surface area contributed by atoms with Crippen molar-refractivity contribution in [2.45, 2.75) is 64.7 Å². The van der Waals surface area contributed by atoms with E-state index in [-0.39, 0.29) is 55.4 Å². The van der Waals surface area contributed by atoms with Crippen LogP contribution in [0.3, 0.4) is 0 Å². The fraction of sp³-hybridized carbons (Fsp3) is 0.444. The monoisotopic (exact) mass is 630 g/mol. The van der Waals surface area contributed by atoms with Gasteiger partial charge in [0.05, 0.1) is 36.8 Å². The molecule has 1 aliphatic heterocycles. The number of ether oxygens (including phenoxy) is 2. The van der Waals surface area contributed by atoms with Crippen molar-refractivity contribution < 1.29 is 29.0 Å². The van der Waals surface area contributed by atoms with Crippen LogP contribution in [0.2, 0.25) is 0 Å². The molecule has 0 bridgehead atoms. The number of rotatable bonds is 8. The maximum Gasteiger partial charge on any atom is 0.258 e. The molecule has 0 saturated heterocycles. The molecule has 1 aromatic heterocycles. The zero-order valence-corrected chi connectivity index (χ0v) is 27.2. The lowest BCUT2D eigenvalue weighted by Crippen LogP contribution is -2.48. The van der Waals surface area contributed by atoms with E-state index in [0.717, 1.165) is 24.8 Å². The number of anilines is 1. The highest BCUT2D eigenvalue weighted by Crippen LogP contribution is 2.28. The van der Waals surface area contributed by atoms with Gasteiger partial charge in [0.2, 0.25) is 5.91 Å². The van der Waals surface area contributed by atoms with E-state index in [2.05, 4.69) is 10.3 Å². The summed E-state index contributed by atoms with van der Waals surface area (Å²) in [7, 11) is 1.74. The predicted molar refractivity (Wildman–Crippen MR) is 177 cm³/mol. The average molecular weight is 631 g/mol. The van der Waals surface area contributed by atoms with E-state index in [0.29, 0.717) is 35.7 Å². The Hall–Kier alpha value is -4.28. The number of nitrogens with zero attached hydrogens (tertiary/aromatic N) is 3. The number of nitrogens with one attached hydrogen (secondary N) is 1. The summed E-state index contributed by atoms with van der Waals surface area (Å²) in [5.41, 5.74) is 2.20. The Bertz CT molecular complexity index is 1440. The Morgan fingerprint density at radius 2 is 1.83 bits per heavy atom. The van der Waals surface area contributed by atoms with Gasteiger partial charge in [-0.2, -0.15) is 0 Å². The molecular weight excluding hydrogens is 584 g/mol. The van der Waals surface area contributed by atoms with E-state index in [1.54, 1.807) is 66.5 Å². The van der Waals surface area contributed by atoms with Crippen molar-refractivity contribution in [3.05, 3.63) is 89.7 Å². The highest BCUT2D eigenvalue weighted by Gasteiger charge is 2.31. The van der Waals surface area contributed by atoms with Crippen molar-refractivity contribution in [1.82, 2.24) is 14.8 Å². The van der Waals surface area contributed by atoms with Gasteiger partial charge in [0.1, 0.15) is 5.75 Å². The van der Waals surface area contributed by atoms with Crippen molar-refractivity contribution in [2.24, 2.45) is 5.92 Å². The average Bonchev–Trinajstić information content (AvgIpc) is 3.06. The summed E-state index contributed by atoms with van der Waals surface area (Å²) < 4.78 is 12.7. The maximum absolute atomic E-state index is 14.3. The Balaban J connectivity index is 1.60. The lowest BCUT2D eigenvalue weighted by Gasteiger charge is -2.36. The summed E-state index contributed by atoms with van der Waals surface area (Å²) in [6.45, 7) is 6.60. The number of benzene rings is 2. The van der Waals surface area contributed by atoms with Gasteiger partial charge in [-0.3, -0.25) is 19.4 Å². The van der Waals surface area contributed by atoms with Crippen LogP contribution in [0, 0.1) is 5.92 Å². The standard InChI is InChI=1S/C36H46N4O6/c1-25-22-40(26(2)24-41)36(44)31-21-30(38-34(42)20-28-11-6-5-7-12-28)13-14-32(31)46-27(3)10-8-9-19-45-33(25)23-39(4)35(43)29-15-17-37-18-16-29/h5-7,11-18,21,25-27,33,41H,8-10,19-20,22-24H2,1-4H3,(H,38,42)/t25-,26+,27+,33-/m1/s1. The number of carbonyl (C=O) groups is 3. The maximum atomic E-state index is 14.3. The van der Waals surface area contributed by atoms with Crippen molar-refractivity contribution in [1.29, 1.82) is 0 Å². The zero-order valence-electron chi connectivity index (χ0n) is 27.2. The third-order valence-electron chi connectivity index (χ3n) is 8.27. The van der Waals surface area contributed by atoms with Crippen LogP contribution in [0.1, 0.15) is 66.3 Å². The molecule has 0 unspecified atom stereocenters. The molecule has 0 spiro atoms. The van der Waals surface area contributed by atoms with Gasteiger partial charge < -0.3 is 29.7 Å². The lowest BCUT2D eigenvalue weighted by molar-refractivity contribution is -0.115. The third kappa shape index (κ3) is 9.61. The molecule has 10 nitrogen and oxygen atoms in total. The summed E-state index contributed by atoms with van der Waals surface area (Å²) in [5, 5.41) is 13.1. The molecule has 1 aliphatic rings. The van der Waals surface area contributed by atoms with Gasteiger partial charge in [-0.05, 0) is 69.0 Å². The van der Waals surface area contributed by atoms with Crippen LogP contribution < -0.4 is 10.1 Å². The van der Waals surface area contributed by atoms with Crippen molar-refractivity contribution in [3.63, 3.8) is 0 Å². The number of hydrogen-bond donors (Lipinski definition) is 2. The van der Waals surface area contributed by atoms with Gasteiger partial charge in [0.25, 0.3) is 11.8 Å². The smallest absolute Gasteiger partial charge is 0.258 e. The number of carbonyl (C=O) groups excluding carboxylic acids is 3. The van der Waals surface area contributed by atoms with Gasteiger partial charge in [-0.25, -0.2) is 0 Å². The van der Waals surface area contributed by atoms with Crippen molar-refractivity contribution in [3.8, 4) is 5.75 Å². The largest absolute Gasteiger partial charge is 0.490 e. The third-order valence-corrected chi connectivity index (χ3v) is 8.27. The van der Waals surface area contributed by atoms with Gasteiger partial charge in [-0.1, -0.05) is 37.3 Å². The molecule has 0 radical (unpaired) electrons. The number of aromatic nitrogens is 1. The van der Waals surface area contributed by atoms with E-state index < -0.39 is 6.04 Å². The van der Waals surface area contributed by atoms with Crippen LogP contribution in [0.4, 0.5) is 5.69 Å². The first-order valence-corrected chi connectivity index (χ1v) is 16.0. The molecule has 0 fully saturated rings. The number of aliphatic hydroxyl groups is 1. The first kappa shape index (κ1) is 34.6. The minimum absolute atomic E-state index is 0.143. The van der Waals surface area contributed by atoms with Gasteiger partial charge in [-0.15, -0.1) is 0 Å². The first-order valence-electron chi connectivity index (χ1n) is 16.0. The fourth-order valence-corrected chi connectivity index (χ4v) is 5.52. The van der Waals surface area contributed by atoms with Gasteiger partial charge >= 0.3 is 0 Å². The molecule has 246 valence electrons. The quantitative estimate of drug-likeness (QED) is 0.366. The van der Waals surface area contributed by atoms with Crippen LogP contribution in [-0.4, -0.2) is 89.2 Å². The van der Waals surface area contributed by atoms with Gasteiger partial charge in [0.15, 0.2) is 0 Å². The van der Waals surface area contributed by atoms with E-state index >= 15 is 0 Å². The summed E-state index contributed by atoms with van der Waals surface area (Å²) in [5.74, 6) is -0.435. The minimum Gasteiger partial charge on any atom is -0.490 e. The van der Waals surface area contributed by atoms with E-state index in [1.807, 2.05) is 44.2 Å². The number of pyridine rings is 1. The molecule has 2 N–H and O–H groups in total. The normalized spacial score (nSPS) is 20.1. The highest BCUT2D eigenvalue weighted by molar-refractivity contribution is 6.00. The second-order valence-electron chi connectivity index (χ2n) is 12.1. The molecule has 4 rings (SSSR count). The number of aliphatic hydroxyl groups excluding tert-OH is 1. The fourth-order valence-electron chi connectivity index (χ4n) is 5.52. The molecule has 0 aliphatic carbocycles. The summed E-state index contributed by atoms with van der Waals surface area (Å²) >= 11 is 0. The summed E-state index contributed by atoms with van der Waals surface area (Å²) in [6.07, 6.45) is 5.27. The minimum atomic E-state index is -0.513.